The minimum atomic E-state index is -0.0738. The van der Waals surface area contributed by atoms with Crippen LogP contribution in [0.5, 0.6) is 11.5 Å². The summed E-state index contributed by atoms with van der Waals surface area (Å²) in [5, 5.41) is 0.733. The molecule has 0 spiro atoms. The van der Waals surface area contributed by atoms with Crippen molar-refractivity contribution in [3.05, 3.63) is 46.4 Å². The van der Waals surface area contributed by atoms with Crippen molar-refractivity contribution in [3.63, 3.8) is 0 Å². The summed E-state index contributed by atoms with van der Waals surface area (Å²) in [7, 11) is 3.18. The molecule has 2 N–H and O–H groups in total. The first kappa shape index (κ1) is 18.8. The van der Waals surface area contributed by atoms with Crippen LogP contribution in [0, 0.1) is 0 Å². The number of benzene rings is 2. The van der Waals surface area contributed by atoms with Crippen LogP contribution in [0.4, 0.5) is 11.8 Å². The van der Waals surface area contributed by atoms with Crippen molar-refractivity contribution in [3.8, 4) is 11.5 Å². The molecular formula is C20H21BrN4O3. The van der Waals surface area contributed by atoms with Crippen LogP contribution in [0.2, 0.25) is 0 Å². The van der Waals surface area contributed by atoms with Gasteiger partial charge in [0.25, 0.3) is 0 Å². The zero-order valence-corrected chi connectivity index (χ0v) is 17.3. The molecule has 146 valence electrons. The van der Waals surface area contributed by atoms with Crippen LogP contribution in [0.15, 0.2) is 40.9 Å². The van der Waals surface area contributed by atoms with Crippen molar-refractivity contribution in [2.45, 2.75) is 6.10 Å². The van der Waals surface area contributed by atoms with E-state index < -0.39 is 0 Å². The van der Waals surface area contributed by atoms with Gasteiger partial charge in [-0.2, -0.15) is 4.98 Å². The van der Waals surface area contributed by atoms with Crippen LogP contribution in [-0.4, -0.2) is 43.9 Å². The molecule has 8 heteroatoms. The summed E-state index contributed by atoms with van der Waals surface area (Å²) in [6, 6.07) is 11.7. The largest absolute Gasteiger partial charge is 0.493 e. The second kappa shape index (κ2) is 7.81. The summed E-state index contributed by atoms with van der Waals surface area (Å²) in [4.78, 5) is 11.4. The Bertz CT molecular complexity index is 1010. The van der Waals surface area contributed by atoms with Gasteiger partial charge in [0.05, 0.1) is 32.9 Å². The molecule has 1 saturated heterocycles. The summed E-state index contributed by atoms with van der Waals surface area (Å²) in [6.45, 7) is 1.92. The number of nitrogen functional groups attached to an aromatic ring is 1. The quantitative estimate of drug-likeness (QED) is 0.658. The number of methoxy groups -OCH3 is 2. The van der Waals surface area contributed by atoms with Gasteiger partial charge in [0.1, 0.15) is 11.9 Å². The zero-order valence-electron chi connectivity index (χ0n) is 15.7. The number of aromatic nitrogens is 2. The van der Waals surface area contributed by atoms with Crippen molar-refractivity contribution < 1.29 is 14.2 Å². The Morgan fingerprint density at radius 2 is 1.89 bits per heavy atom. The summed E-state index contributed by atoms with van der Waals surface area (Å²) in [5.41, 5.74) is 8.05. The van der Waals surface area contributed by atoms with Crippen molar-refractivity contribution in [2.75, 3.05) is 44.5 Å². The number of nitrogens with zero attached hydrogens (tertiary/aromatic N) is 3. The third-order valence-electron chi connectivity index (χ3n) is 4.82. The Morgan fingerprint density at radius 1 is 1.14 bits per heavy atom. The van der Waals surface area contributed by atoms with Crippen LogP contribution in [-0.2, 0) is 4.74 Å². The molecular weight excluding hydrogens is 424 g/mol. The number of rotatable bonds is 4. The molecule has 0 bridgehead atoms. The number of morpholine rings is 1. The zero-order chi connectivity index (χ0) is 19.7. The SMILES string of the molecule is COc1cc2nc(N3CCOC(c4ccccc4Br)C3)nc(N)c2cc1OC. The van der Waals surface area contributed by atoms with Crippen LogP contribution in [0.1, 0.15) is 11.7 Å². The van der Waals surface area contributed by atoms with Gasteiger partial charge in [0.15, 0.2) is 11.5 Å². The molecule has 3 aromatic rings. The van der Waals surface area contributed by atoms with Crippen molar-refractivity contribution >= 4 is 38.6 Å². The van der Waals surface area contributed by atoms with Crippen LogP contribution in [0.3, 0.4) is 0 Å². The van der Waals surface area contributed by atoms with E-state index in [9.17, 15) is 0 Å². The first-order chi connectivity index (χ1) is 13.6. The lowest BCUT2D eigenvalue weighted by atomic mass is 10.1. The average Bonchev–Trinajstić information content (AvgIpc) is 2.73. The van der Waals surface area contributed by atoms with E-state index >= 15 is 0 Å². The monoisotopic (exact) mass is 444 g/mol. The van der Waals surface area contributed by atoms with E-state index in [0.717, 1.165) is 15.4 Å². The van der Waals surface area contributed by atoms with Crippen molar-refractivity contribution in [1.82, 2.24) is 9.97 Å². The van der Waals surface area contributed by atoms with Gasteiger partial charge in [-0.1, -0.05) is 34.1 Å². The van der Waals surface area contributed by atoms with E-state index in [1.807, 2.05) is 24.3 Å². The fraction of sp³-hybridized carbons (Fsp3) is 0.300. The minimum Gasteiger partial charge on any atom is -0.493 e. The fourth-order valence-electron chi connectivity index (χ4n) is 3.36. The summed E-state index contributed by atoms with van der Waals surface area (Å²) >= 11 is 3.61. The standard InChI is InChI=1S/C20H21BrN4O3/c1-26-16-9-13-15(10-17(16)27-2)23-20(24-19(13)22)25-7-8-28-18(11-25)12-5-3-4-6-14(12)21/h3-6,9-10,18H,7-8,11H2,1-2H3,(H2,22,23,24). The van der Waals surface area contributed by atoms with Gasteiger partial charge in [-0.05, 0) is 17.7 Å². The number of hydrogen-bond acceptors (Lipinski definition) is 7. The lowest BCUT2D eigenvalue weighted by molar-refractivity contribution is 0.0388. The van der Waals surface area contributed by atoms with Crippen LogP contribution < -0.4 is 20.1 Å². The highest BCUT2D eigenvalue weighted by Crippen LogP contribution is 2.35. The predicted molar refractivity (Wildman–Crippen MR) is 112 cm³/mol. The number of ether oxygens (including phenoxy) is 3. The number of hydrogen-bond donors (Lipinski definition) is 1. The molecule has 2 heterocycles. The summed E-state index contributed by atoms with van der Waals surface area (Å²) in [6.07, 6.45) is -0.0738. The molecule has 1 atom stereocenters. The van der Waals surface area contributed by atoms with Gasteiger partial charge in [-0.3, -0.25) is 0 Å². The molecule has 1 aromatic heterocycles. The highest BCUT2D eigenvalue weighted by atomic mass is 79.9. The average molecular weight is 445 g/mol. The molecule has 0 saturated carbocycles. The smallest absolute Gasteiger partial charge is 0.228 e. The Kier molecular flexibility index (Phi) is 5.23. The third kappa shape index (κ3) is 3.45. The molecule has 0 radical (unpaired) electrons. The highest BCUT2D eigenvalue weighted by molar-refractivity contribution is 9.10. The van der Waals surface area contributed by atoms with Gasteiger partial charge in [0, 0.05) is 22.5 Å². The summed E-state index contributed by atoms with van der Waals surface area (Å²) in [5.74, 6) is 2.19. The minimum absolute atomic E-state index is 0.0738. The highest BCUT2D eigenvalue weighted by Gasteiger charge is 2.26. The van der Waals surface area contributed by atoms with E-state index in [-0.39, 0.29) is 6.10 Å². The topological polar surface area (TPSA) is 82.7 Å². The van der Waals surface area contributed by atoms with E-state index in [1.165, 1.54) is 0 Å². The van der Waals surface area contributed by atoms with E-state index in [1.54, 1.807) is 20.3 Å². The normalized spacial score (nSPS) is 17.0. The van der Waals surface area contributed by atoms with Crippen LogP contribution in [0.25, 0.3) is 10.9 Å². The number of anilines is 2. The van der Waals surface area contributed by atoms with Crippen LogP contribution >= 0.6 is 15.9 Å². The first-order valence-corrected chi connectivity index (χ1v) is 9.70. The van der Waals surface area contributed by atoms with Gasteiger partial charge in [-0.15, -0.1) is 0 Å². The van der Waals surface area contributed by atoms with Gasteiger partial charge < -0.3 is 24.8 Å². The Balaban J connectivity index is 1.69. The third-order valence-corrected chi connectivity index (χ3v) is 5.54. The van der Waals surface area contributed by atoms with Gasteiger partial charge in [0.2, 0.25) is 5.95 Å². The predicted octanol–water partition coefficient (Wildman–Crippen LogP) is 3.57. The molecule has 1 aliphatic rings. The second-order valence-corrected chi connectivity index (χ2v) is 7.31. The van der Waals surface area contributed by atoms with Gasteiger partial charge >= 0.3 is 0 Å². The Hall–Kier alpha value is -2.58. The lowest BCUT2D eigenvalue weighted by Gasteiger charge is -2.33. The number of halogens is 1. The second-order valence-electron chi connectivity index (χ2n) is 6.46. The molecule has 1 aliphatic heterocycles. The lowest BCUT2D eigenvalue weighted by Crippen LogP contribution is -2.39. The molecule has 4 rings (SSSR count). The molecule has 0 aliphatic carbocycles. The molecule has 0 amide bonds. The fourth-order valence-corrected chi connectivity index (χ4v) is 3.90. The van der Waals surface area contributed by atoms with E-state index in [4.69, 9.17) is 24.9 Å². The molecule has 28 heavy (non-hydrogen) atoms. The van der Waals surface area contributed by atoms with Crippen molar-refractivity contribution in [1.29, 1.82) is 0 Å². The Morgan fingerprint density at radius 3 is 2.64 bits per heavy atom. The first-order valence-electron chi connectivity index (χ1n) is 8.91. The molecule has 2 aromatic carbocycles. The number of nitrogens with two attached hydrogens (primary N) is 1. The maximum atomic E-state index is 6.24. The summed E-state index contributed by atoms with van der Waals surface area (Å²) < 4.78 is 17.8. The number of fused-ring (bicyclic) bond motifs is 1. The molecule has 1 unspecified atom stereocenters. The van der Waals surface area contributed by atoms with E-state index in [0.29, 0.717) is 48.5 Å². The maximum absolute atomic E-state index is 6.24. The molecule has 1 fully saturated rings. The van der Waals surface area contributed by atoms with Gasteiger partial charge in [-0.25, -0.2) is 4.98 Å². The molecule has 7 nitrogen and oxygen atoms in total. The van der Waals surface area contributed by atoms with Crippen molar-refractivity contribution in [2.24, 2.45) is 0 Å². The van der Waals surface area contributed by atoms with E-state index in [2.05, 4.69) is 31.9 Å². The Labute approximate surface area is 171 Å². The maximum Gasteiger partial charge on any atom is 0.228 e.